The van der Waals surface area contributed by atoms with Crippen LogP contribution in [0, 0.1) is 18.3 Å². The van der Waals surface area contributed by atoms with E-state index in [1.165, 1.54) is 6.33 Å². The fourth-order valence-corrected chi connectivity index (χ4v) is 1.15. The number of hydrogen-bond acceptors (Lipinski definition) is 4. The molecule has 1 unspecified atom stereocenters. The van der Waals surface area contributed by atoms with Crippen LogP contribution < -0.4 is 4.74 Å². The first-order valence-corrected chi connectivity index (χ1v) is 3.95. The van der Waals surface area contributed by atoms with Crippen molar-refractivity contribution in [2.45, 2.75) is 19.8 Å². The Labute approximate surface area is 77.2 Å². The Morgan fingerprint density at radius 2 is 2.23 bits per heavy atom. The van der Waals surface area contributed by atoms with Gasteiger partial charge in [0.2, 0.25) is 5.88 Å². The Morgan fingerprint density at radius 1 is 1.54 bits per heavy atom. The monoisotopic (exact) mass is 177 g/mol. The van der Waals surface area contributed by atoms with Crippen LogP contribution in [0.3, 0.4) is 0 Å². The van der Waals surface area contributed by atoms with E-state index in [2.05, 4.69) is 16.0 Å². The van der Waals surface area contributed by atoms with E-state index in [4.69, 9.17) is 10.00 Å². The van der Waals surface area contributed by atoms with Crippen molar-refractivity contribution in [3.8, 4) is 11.9 Å². The van der Waals surface area contributed by atoms with Crippen LogP contribution in [0.15, 0.2) is 6.33 Å². The van der Waals surface area contributed by atoms with Gasteiger partial charge < -0.3 is 4.74 Å². The molecule has 0 saturated heterocycles. The molecule has 0 radical (unpaired) electrons. The zero-order valence-electron chi connectivity index (χ0n) is 7.90. The summed E-state index contributed by atoms with van der Waals surface area (Å²) in [7, 11) is 1.55. The number of nitriles is 1. The normalized spacial score (nSPS) is 11.8. The predicted octanol–water partition coefficient (Wildman–Crippen LogP) is 1.42. The van der Waals surface area contributed by atoms with E-state index in [1.807, 2.05) is 6.92 Å². The Hall–Kier alpha value is -1.63. The lowest BCUT2D eigenvalue weighted by Gasteiger charge is -2.08. The molecule has 1 rings (SSSR count). The van der Waals surface area contributed by atoms with Crippen LogP contribution in [0.5, 0.6) is 5.88 Å². The highest BCUT2D eigenvalue weighted by Gasteiger charge is 2.12. The van der Waals surface area contributed by atoms with E-state index >= 15 is 0 Å². The molecule has 4 nitrogen and oxygen atoms in total. The van der Waals surface area contributed by atoms with E-state index < -0.39 is 0 Å². The molecule has 0 aliphatic carbocycles. The smallest absolute Gasteiger partial charge is 0.219 e. The maximum absolute atomic E-state index is 8.73. The van der Waals surface area contributed by atoms with Crippen molar-refractivity contribution in [3.05, 3.63) is 17.6 Å². The van der Waals surface area contributed by atoms with Crippen LogP contribution >= 0.6 is 0 Å². The van der Waals surface area contributed by atoms with Gasteiger partial charge in [0, 0.05) is 5.56 Å². The Bertz CT molecular complexity index is 343. The van der Waals surface area contributed by atoms with Crippen molar-refractivity contribution >= 4 is 0 Å². The molecule has 0 bridgehead atoms. The maximum Gasteiger partial charge on any atom is 0.219 e. The van der Waals surface area contributed by atoms with Crippen LogP contribution in [0.2, 0.25) is 0 Å². The molecule has 1 aromatic rings. The van der Waals surface area contributed by atoms with Gasteiger partial charge in [-0.05, 0) is 13.8 Å². The second-order valence-corrected chi connectivity index (χ2v) is 2.74. The standard InChI is InChI=1S/C9H11N3O/c1-6(4-10)8-7(2)9(13-3)12-5-11-8/h5-6H,1-3H3. The first kappa shape index (κ1) is 9.46. The van der Waals surface area contributed by atoms with Gasteiger partial charge in [-0.1, -0.05) is 0 Å². The van der Waals surface area contributed by atoms with E-state index in [0.29, 0.717) is 5.88 Å². The zero-order chi connectivity index (χ0) is 9.84. The second-order valence-electron chi connectivity index (χ2n) is 2.74. The molecule has 1 aromatic heterocycles. The molecule has 4 heteroatoms. The highest BCUT2D eigenvalue weighted by Crippen LogP contribution is 2.21. The maximum atomic E-state index is 8.73. The van der Waals surface area contributed by atoms with Crippen molar-refractivity contribution in [1.82, 2.24) is 9.97 Å². The van der Waals surface area contributed by atoms with Gasteiger partial charge in [0.1, 0.15) is 6.33 Å². The molecule has 0 aliphatic rings. The molecular weight excluding hydrogens is 166 g/mol. The van der Waals surface area contributed by atoms with Gasteiger partial charge in [0.15, 0.2) is 0 Å². The lowest BCUT2D eigenvalue weighted by Crippen LogP contribution is -2.02. The molecule has 0 spiro atoms. The third kappa shape index (κ3) is 1.75. The minimum absolute atomic E-state index is 0.225. The number of nitrogens with zero attached hydrogens (tertiary/aromatic N) is 3. The summed E-state index contributed by atoms with van der Waals surface area (Å²) in [5, 5.41) is 8.73. The lowest BCUT2D eigenvalue weighted by molar-refractivity contribution is 0.392. The van der Waals surface area contributed by atoms with Crippen molar-refractivity contribution in [1.29, 1.82) is 5.26 Å². The van der Waals surface area contributed by atoms with Crippen LogP contribution in [0.1, 0.15) is 24.1 Å². The first-order valence-electron chi connectivity index (χ1n) is 3.95. The molecule has 1 heterocycles. The van der Waals surface area contributed by atoms with Crippen molar-refractivity contribution < 1.29 is 4.74 Å². The number of aromatic nitrogens is 2. The Kier molecular flexibility index (Phi) is 2.80. The van der Waals surface area contributed by atoms with Crippen LogP contribution in [0.4, 0.5) is 0 Å². The number of ether oxygens (including phenoxy) is 1. The minimum atomic E-state index is -0.225. The first-order chi connectivity index (χ1) is 6.20. The predicted molar refractivity (Wildman–Crippen MR) is 47.3 cm³/mol. The largest absolute Gasteiger partial charge is 0.481 e. The summed E-state index contributed by atoms with van der Waals surface area (Å²) in [6, 6.07) is 2.13. The summed E-state index contributed by atoms with van der Waals surface area (Å²) in [5.41, 5.74) is 1.56. The highest BCUT2D eigenvalue weighted by atomic mass is 16.5. The summed E-state index contributed by atoms with van der Waals surface area (Å²) in [6.45, 7) is 3.65. The molecular formula is C9H11N3O. The van der Waals surface area contributed by atoms with Gasteiger partial charge in [-0.15, -0.1) is 0 Å². The summed E-state index contributed by atoms with van der Waals surface area (Å²) in [4.78, 5) is 7.98. The average Bonchev–Trinajstić information content (AvgIpc) is 2.17. The second kappa shape index (κ2) is 3.85. The topological polar surface area (TPSA) is 58.8 Å². The van der Waals surface area contributed by atoms with Gasteiger partial charge in [-0.2, -0.15) is 5.26 Å². The molecule has 0 aliphatic heterocycles. The summed E-state index contributed by atoms with van der Waals surface area (Å²) < 4.78 is 5.02. The number of methoxy groups -OCH3 is 1. The molecule has 0 amide bonds. The van der Waals surface area contributed by atoms with Gasteiger partial charge in [0.25, 0.3) is 0 Å². The third-order valence-corrected chi connectivity index (χ3v) is 1.87. The molecule has 1 atom stereocenters. The van der Waals surface area contributed by atoms with Crippen molar-refractivity contribution in [2.24, 2.45) is 0 Å². The van der Waals surface area contributed by atoms with Gasteiger partial charge in [0.05, 0.1) is 24.8 Å². The van der Waals surface area contributed by atoms with Crippen molar-refractivity contribution in [2.75, 3.05) is 7.11 Å². The molecule has 0 aromatic carbocycles. The summed E-state index contributed by atoms with van der Waals surface area (Å²) in [6.07, 6.45) is 1.41. The summed E-state index contributed by atoms with van der Waals surface area (Å²) >= 11 is 0. The van der Waals surface area contributed by atoms with E-state index in [0.717, 1.165) is 11.3 Å². The lowest BCUT2D eigenvalue weighted by atomic mass is 10.1. The Balaban J connectivity index is 3.17. The Morgan fingerprint density at radius 3 is 2.77 bits per heavy atom. The van der Waals surface area contributed by atoms with Crippen molar-refractivity contribution in [3.63, 3.8) is 0 Å². The highest BCUT2D eigenvalue weighted by molar-refractivity contribution is 5.32. The fourth-order valence-electron chi connectivity index (χ4n) is 1.15. The van der Waals surface area contributed by atoms with E-state index in [9.17, 15) is 0 Å². The average molecular weight is 177 g/mol. The molecule has 13 heavy (non-hydrogen) atoms. The number of rotatable bonds is 2. The van der Waals surface area contributed by atoms with E-state index in [-0.39, 0.29) is 5.92 Å². The SMILES string of the molecule is COc1ncnc(C(C)C#N)c1C. The van der Waals surface area contributed by atoms with Crippen LogP contribution in [-0.2, 0) is 0 Å². The molecule has 0 fully saturated rings. The molecule has 0 saturated carbocycles. The van der Waals surface area contributed by atoms with E-state index in [1.54, 1.807) is 14.0 Å². The van der Waals surface area contributed by atoms with Crippen LogP contribution in [-0.4, -0.2) is 17.1 Å². The summed E-state index contributed by atoms with van der Waals surface area (Å²) in [5.74, 6) is 0.309. The molecule has 0 N–H and O–H groups in total. The third-order valence-electron chi connectivity index (χ3n) is 1.87. The minimum Gasteiger partial charge on any atom is -0.481 e. The van der Waals surface area contributed by atoms with Crippen LogP contribution in [0.25, 0.3) is 0 Å². The fraction of sp³-hybridized carbons (Fsp3) is 0.444. The quantitative estimate of drug-likeness (QED) is 0.685. The van der Waals surface area contributed by atoms with Gasteiger partial charge in [-0.25, -0.2) is 9.97 Å². The van der Waals surface area contributed by atoms with Gasteiger partial charge in [-0.3, -0.25) is 0 Å². The zero-order valence-corrected chi connectivity index (χ0v) is 7.90. The van der Waals surface area contributed by atoms with Gasteiger partial charge >= 0.3 is 0 Å². The molecule has 68 valence electrons. The number of hydrogen-bond donors (Lipinski definition) is 0.